The number of nitrogens with one attached hydrogen (secondary N) is 2. The fraction of sp³-hybridized carbons (Fsp3) is 0.375. The quantitative estimate of drug-likeness (QED) is 0.863. The first kappa shape index (κ1) is 14.3. The Balaban J connectivity index is 2.24. The molecule has 2 rings (SSSR count). The van der Waals surface area contributed by atoms with Crippen LogP contribution in [0.3, 0.4) is 0 Å². The van der Waals surface area contributed by atoms with Gasteiger partial charge >= 0.3 is 0 Å². The van der Waals surface area contributed by atoms with Gasteiger partial charge in [-0.3, -0.25) is 0 Å². The van der Waals surface area contributed by atoms with Crippen molar-refractivity contribution in [3.05, 3.63) is 41.2 Å². The summed E-state index contributed by atoms with van der Waals surface area (Å²) >= 11 is 0. The molecule has 2 aromatic rings. The highest BCUT2D eigenvalue weighted by Crippen LogP contribution is 2.22. The van der Waals surface area contributed by atoms with Gasteiger partial charge in [0.05, 0.1) is 0 Å². The molecular weight excluding hydrogens is 248 g/mol. The predicted molar refractivity (Wildman–Crippen MR) is 84.7 cm³/mol. The molecule has 0 unspecified atom stereocenters. The lowest BCUT2D eigenvalue weighted by molar-refractivity contribution is 0.955. The zero-order chi connectivity index (χ0) is 14.5. The van der Waals surface area contributed by atoms with Crippen molar-refractivity contribution in [3.63, 3.8) is 0 Å². The van der Waals surface area contributed by atoms with E-state index in [-0.39, 0.29) is 0 Å². The smallest absolute Gasteiger partial charge is 0.136 e. The molecule has 20 heavy (non-hydrogen) atoms. The Morgan fingerprint density at radius 2 is 1.75 bits per heavy atom. The van der Waals surface area contributed by atoms with Gasteiger partial charge in [-0.2, -0.15) is 0 Å². The molecule has 0 aliphatic carbocycles. The van der Waals surface area contributed by atoms with E-state index in [4.69, 9.17) is 0 Å². The Hall–Kier alpha value is -2.10. The van der Waals surface area contributed by atoms with Gasteiger partial charge in [0.2, 0.25) is 0 Å². The second kappa shape index (κ2) is 6.37. The van der Waals surface area contributed by atoms with Gasteiger partial charge in [0, 0.05) is 18.3 Å². The molecule has 0 atom stereocenters. The summed E-state index contributed by atoms with van der Waals surface area (Å²) in [6, 6.07) is 8.30. The van der Waals surface area contributed by atoms with Crippen LogP contribution in [0.5, 0.6) is 0 Å². The van der Waals surface area contributed by atoms with Crippen molar-refractivity contribution in [2.45, 2.75) is 34.1 Å². The molecule has 0 amide bonds. The van der Waals surface area contributed by atoms with E-state index >= 15 is 0 Å². The maximum absolute atomic E-state index is 4.45. The highest BCUT2D eigenvalue weighted by molar-refractivity contribution is 5.63. The van der Waals surface area contributed by atoms with E-state index in [1.807, 2.05) is 13.0 Å². The highest BCUT2D eigenvalue weighted by atomic mass is 15.1. The molecular formula is C16H22N4. The number of aromatic nitrogens is 2. The van der Waals surface area contributed by atoms with E-state index in [1.165, 1.54) is 11.1 Å². The summed E-state index contributed by atoms with van der Waals surface area (Å²) in [4.78, 5) is 8.84. The second-order valence-corrected chi connectivity index (χ2v) is 5.06. The highest BCUT2D eigenvalue weighted by Gasteiger charge is 2.04. The third kappa shape index (κ3) is 3.70. The monoisotopic (exact) mass is 270 g/mol. The van der Waals surface area contributed by atoms with Crippen LogP contribution in [0.2, 0.25) is 0 Å². The summed E-state index contributed by atoms with van der Waals surface area (Å²) in [5.41, 5.74) is 3.52. The molecule has 0 spiro atoms. The summed E-state index contributed by atoms with van der Waals surface area (Å²) < 4.78 is 0. The molecule has 4 nitrogen and oxygen atoms in total. The molecule has 0 aliphatic rings. The molecule has 0 saturated heterocycles. The maximum Gasteiger partial charge on any atom is 0.136 e. The largest absolute Gasteiger partial charge is 0.370 e. The average molecular weight is 270 g/mol. The fourth-order valence-electron chi connectivity index (χ4n) is 1.98. The number of aryl methyl sites for hydroxylation is 3. The summed E-state index contributed by atoms with van der Waals surface area (Å²) in [5, 5.41) is 6.68. The van der Waals surface area contributed by atoms with Crippen LogP contribution in [0.4, 0.5) is 17.3 Å². The zero-order valence-electron chi connectivity index (χ0n) is 12.6. The van der Waals surface area contributed by atoms with Crippen molar-refractivity contribution < 1.29 is 0 Å². The topological polar surface area (TPSA) is 49.8 Å². The minimum absolute atomic E-state index is 0.763. The number of rotatable bonds is 5. The van der Waals surface area contributed by atoms with Crippen LogP contribution in [0.25, 0.3) is 0 Å². The summed E-state index contributed by atoms with van der Waals surface area (Å²) in [5.74, 6) is 2.45. The molecule has 0 aliphatic heterocycles. The molecule has 0 fully saturated rings. The van der Waals surface area contributed by atoms with E-state index < -0.39 is 0 Å². The molecule has 2 N–H and O–H groups in total. The molecule has 106 valence electrons. The Bertz CT molecular complexity index is 593. The predicted octanol–water partition coefficient (Wildman–Crippen LogP) is 3.97. The summed E-state index contributed by atoms with van der Waals surface area (Å²) in [6.45, 7) is 9.14. The number of anilines is 3. The number of nitrogens with zero attached hydrogens (tertiary/aromatic N) is 2. The standard InChI is InChI=1S/C16H22N4/c1-5-8-17-15-10-16(19-13(4)18-15)20-14-9-11(2)6-7-12(14)3/h6-7,9-10H,5,8H2,1-4H3,(H2,17,18,19,20). The van der Waals surface area contributed by atoms with Crippen molar-refractivity contribution in [2.75, 3.05) is 17.2 Å². The van der Waals surface area contributed by atoms with Crippen molar-refractivity contribution in [3.8, 4) is 0 Å². The first-order valence-electron chi connectivity index (χ1n) is 7.02. The lowest BCUT2D eigenvalue weighted by Gasteiger charge is -2.12. The molecule has 0 saturated carbocycles. The summed E-state index contributed by atoms with van der Waals surface area (Å²) in [7, 11) is 0. The van der Waals surface area contributed by atoms with Gasteiger partial charge in [-0.25, -0.2) is 9.97 Å². The van der Waals surface area contributed by atoms with Gasteiger partial charge in [-0.15, -0.1) is 0 Å². The van der Waals surface area contributed by atoms with Crippen LogP contribution >= 0.6 is 0 Å². The second-order valence-electron chi connectivity index (χ2n) is 5.06. The van der Waals surface area contributed by atoms with Gasteiger partial charge < -0.3 is 10.6 Å². The van der Waals surface area contributed by atoms with Crippen molar-refractivity contribution in [1.82, 2.24) is 9.97 Å². The Morgan fingerprint density at radius 3 is 2.50 bits per heavy atom. The lowest BCUT2D eigenvalue weighted by atomic mass is 10.1. The Kier molecular flexibility index (Phi) is 4.56. The number of hydrogen-bond donors (Lipinski definition) is 2. The third-order valence-corrected chi connectivity index (χ3v) is 3.05. The van der Waals surface area contributed by atoms with E-state index in [9.17, 15) is 0 Å². The number of benzene rings is 1. The van der Waals surface area contributed by atoms with Crippen molar-refractivity contribution in [2.24, 2.45) is 0 Å². The van der Waals surface area contributed by atoms with Crippen LogP contribution in [-0.4, -0.2) is 16.5 Å². The van der Waals surface area contributed by atoms with Crippen LogP contribution in [0, 0.1) is 20.8 Å². The number of hydrogen-bond acceptors (Lipinski definition) is 4. The summed E-state index contributed by atoms with van der Waals surface area (Å²) in [6.07, 6.45) is 1.07. The minimum atomic E-state index is 0.763. The van der Waals surface area contributed by atoms with E-state index in [2.05, 4.69) is 59.6 Å². The Labute approximate surface area is 120 Å². The SMILES string of the molecule is CCCNc1cc(Nc2cc(C)ccc2C)nc(C)n1. The molecule has 1 heterocycles. The first-order valence-corrected chi connectivity index (χ1v) is 7.02. The van der Waals surface area contributed by atoms with Crippen molar-refractivity contribution in [1.29, 1.82) is 0 Å². The van der Waals surface area contributed by atoms with E-state index in [0.717, 1.165) is 36.1 Å². The Morgan fingerprint density at radius 1 is 1.00 bits per heavy atom. The van der Waals surface area contributed by atoms with Crippen LogP contribution in [-0.2, 0) is 0 Å². The van der Waals surface area contributed by atoms with E-state index in [1.54, 1.807) is 0 Å². The minimum Gasteiger partial charge on any atom is -0.370 e. The molecule has 0 bridgehead atoms. The fourth-order valence-corrected chi connectivity index (χ4v) is 1.98. The third-order valence-electron chi connectivity index (χ3n) is 3.05. The van der Waals surface area contributed by atoms with Gasteiger partial charge in [-0.1, -0.05) is 19.1 Å². The molecule has 4 heteroatoms. The maximum atomic E-state index is 4.45. The van der Waals surface area contributed by atoms with Crippen LogP contribution < -0.4 is 10.6 Å². The van der Waals surface area contributed by atoms with Gasteiger partial charge in [0.15, 0.2) is 0 Å². The lowest BCUT2D eigenvalue weighted by Crippen LogP contribution is -2.06. The average Bonchev–Trinajstić information content (AvgIpc) is 2.40. The van der Waals surface area contributed by atoms with Gasteiger partial charge in [-0.05, 0) is 44.4 Å². The van der Waals surface area contributed by atoms with Crippen LogP contribution in [0.1, 0.15) is 30.3 Å². The van der Waals surface area contributed by atoms with Crippen molar-refractivity contribution >= 4 is 17.3 Å². The first-order chi connectivity index (χ1) is 9.58. The van der Waals surface area contributed by atoms with Gasteiger partial charge in [0.25, 0.3) is 0 Å². The van der Waals surface area contributed by atoms with E-state index in [0.29, 0.717) is 0 Å². The van der Waals surface area contributed by atoms with Gasteiger partial charge in [0.1, 0.15) is 17.5 Å². The molecule has 0 radical (unpaired) electrons. The normalized spacial score (nSPS) is 10.4. The molecule has 1 aromatic heterocycles. The van der Waals surface area contributed by atoms with Crippen LogP contribution in [0.15, 0.2) is 24.3 Å². The zero-order valence-corrected chi connectivity index (χ0v) is 12.6. The molecule has 1 aromatic carbocycles.